The van der Waals surface area contributed by atoms with Gasteiger partial charge in [0.05, 0.1) is 6.10 Å². The molecule has 0 bridgehead atoms. The molecule has 1 amide bonds. The fraction of sp³-hybridized carbons (Fsp3) is 0.929. The first-order chi connectivity index (χ1) is 8.65. The van der Waals surface area contributed by atoms with Crippen LogP contribution in [0.15, 0.2) is 0 Å². The predicted octanol–water partition coefficient (Wildman–Crippen LogP) is 1.28. The number of hydrogen-bond acceptors (Lipinski definition) is 3. The van der Waals surface area contributed by atoms with Crippen molar-refractivity contribution >= 4 is 5.91 Å². The largest absolute Gasteiger partial charge is 0.391 e. The fourth-order valence-electron chi connectivity index (χ4n) is 3.33. The Morgan fingerprint density at radius 3 is 2.67 bits per heavy atom. The summed E-state index contributed by atoms with van der Waals surface area (Å²) in [7, 11) is 1.98. The average molecular weight is 254 g/mol. The summed E-state index contributed by atoms with van der Waals surface area (Å²) in [5, 5.41) is 13.0. The third-order valence-corrected chi connectivity index (χ3v) is 4.58. The molecule has 0 aromatic rings. The van der Waals surface area contributed by atoms with Crippen molar-refractivity contribution in [2.24, 2.45) is 0 Å². The first kappa shape index (κ1) is 13.8. The molecule has 104 valence electrons. The van der Waals surface area contributed by atoms with Crippen LogP contribution < -0.4 is 5.32 Å². The number of β-amino-alcohol motifs (C(OH)–C–C–N with tert-alkyl or cyclic N) is 1. The molecule has 2 rings (SSSR count). The average Bonchev–Trinajstić information content (AvgIpc) is 2.40. The van der Waals surface area contributed by atoms with Gasteiger partial charge in [0.2, 0.25) is 5.91 Å². The Bertz CT molecular complexity index is 288. The lowest BCUT2D eigenvalue weighted by Crippen LogP contribution is -2.51. The molecular weight excluding hydrogens is 228 g/mol. The second kappa shape index (κ2) is 6.02. The number of aliphatic hydroxyl groups is 1. The molecular formula is C14H26N2O2. The number of piperidine rings is 1. The number of nitrogens with zero attached hydrogens (tertiary/aromatic N) is 1. The van der Waals surface area contributed by atoms with Gasteiger partial charge in [-0.25, -0.2) is 0 Å². The van der Waals surface area contributed by atoms with Crippen molar-refractivity contribution in [3.05, 3.63) is 0 Å². The minimum Gasteiger partial charge on any atom is -0.391 e. The Morgan fingerprint density at radius 1 is 1.33 bits per heavy atom. The maximum Gasteiger partial charge on any atom is 0.224 e. The number of carbonyl (C=O) groups excluding carboxylic acids is 1. The fourth-order valence-corrected chi connectivity index (χ4v) is 3.33. The molecule has 1 saturated carbocycles. The molecule has 2 N–H and O–H groups in total. The zero-order chi connectivity index (χ0) is 13.0. The van der Waals surface area contributed by atoms with Crippen LogP contribution in [0.2, 0.25) is 0 Å². The van der Waals surface area contributed by atoms with Crippen LogP contribution in [0.5, 0.6) is 0 Å². The van der Waals surface area contributed by atoms with Crippen LogP contribution in [0.3, 0.4) is 0 Å². The van der Waals surface area contributed by atoms with E-state index in [0.29, 0.717) is 13.0 Å². The smallest absolute Gasteiger partial charge is 0.224 e. The summed E-state index contributed by atoms with van der Waals surface area (Å²) in [5.41, 5.74) is 0.0116. The summed E-state index contributed by atoms with van der Waals surface area (Å²) in [4.78, 5) is 14.2. The molecule has 1 aliphatic carbocycles. The van der Waals surface area contributed by atoms with E-state index in [4.69, 9.17) is 0 Å². The van der Waals surface area contributed by atoms with E-state index in [0.717, 1.165) is 32.2 Å². The maximum atomic E-state index is 12.4. The summed E-state index contributed by atoms with van der Waals surface area (Å²) in [6, 6.07) is 0. The molecule has 1 aliphatic heterocycles. The van der Waals surface area contributed by atoms with Gasteiger partial charge in [0, 0.05) is 25.0 Å². The summed E-state index contributed by atoms with van der Waals surface area (Å²) in [6.45, 7) is 1.34. The van der Waals surface area contributed by atoms with Crippen molar-refractivity contribution in [1.82, 2.24) is 10.2 Å². The quantitative estimate of drug-likeness (QED) is 0.798. The normalized spacial score (nSPS) is 28.1. The Hall–Kier alpha value is -0.610. The third-order valence-electron chi connectivity index (χ3n) is 4.58. The summed E-state index contributed by atoms with van der Waals surface area (Å²) in [6.07, 6.45) is 7.97. The zero-order valence-corrected chi connectivity index (χ0v) is 11.5. The number of carbonyl (C=O) groups is 1. The SMILES string of the molecule is CNC1(CC(=O)N2CCCC(O)C2)CCCCC1. The monoisotopic (exact) mass is 254 g/mol. The molecule has 2 aliphatic rings. The Balaban J connectivity index is 1.92. The summed E-state index contributed by atoms with van der Waals surface area (Å²) in [5.74, 6) is 0.213. The number of rotatable bonds is 3. The van der Waals surface area contributed by atoms with Gasteiger partial charge in [-0.15, -0.1) is 0 Å². The van der Waals surface area contributed by atoms with Crippen LogP contribution in [0.25, 0.3) is 0 Å². The van der Waals surface area contributed by atoms with Gasteiger partial charge in [-0.3, -0.25) is 4.79 Å². The van der Waals surface area contributed by atoms with Crippen molar-refractivity contribution < 1.29 is 9.90 Å². The van der Waals surface area contributed by atoms with Crippen LogP contribution >= 0.6 is 0 Å². The van der Waals surface area contributed by atoms with Gasteiger partial charge in [-0.2, -0.15) is 0 Å². The second-order valence-corrected chi connectivity index (χ2v) is 5.90. The summed E-state index contributed by atoms with van der Waals surface area (Å²) < 4.78 is 0. The first-order valence-electron chi connectivity index (χ1n) is 7.30. The van der Waals surface area contributed by atoms with Gasteiger partial charge >= 0.3 is 0 Å². The highest BCUT2D eigenvalue weighted by Crippen LogP contribution is 2.31. The minimum absolute atomic E-state index is 0.0116. The second-order valence-electron chi connectivity index (χ2n) is 5.90. The number of nitrogens with one attached hydrogen (secondary N) is 1. The number of hydrogen-bond donors (Lipinski definition) is 2. The molecule has 1 atom stereocenters. The summed E-state index contributed by atoms with van der Waals surface area (Å²) >= 11 is 0. The van der Waals surface area contributed by atoms with Crippen LogP contribution in [-0.2, 0) is 4.79 Å². The highest BCUT2D eigenvalue weighted by molar-refractivity contribution is 5.77. The van der Waals surface area contributed by atoms with Crippen molar-refractivity contribution in [3.63, 3.8) is 0 Å². The highest BCUT2D eigenvalue weighted by Gasteiger charge is 2.34. The van der Waals surface area contributed by atoms with Gasteiger partial charge in [0.25, 0.3) is 0 Å². The van der Waals surface area contributed by atoms with Gasteiger partial charge in [0.1, 0.15) is 0 Å². The lowest BCUT2D eigenvalue weighted by molar-refractivity contribution is -0.136. The van der Waals surface area contributed by atoms with E-state index in [2.05, 4.69) is 5.32 Å². The minimum atomic E-state index is -0.320. The number of aliphatic hydroxyl groups excluding tert-OH is 1. The topological polar surface area (TPSA) is 52.6 Å². The third kappa shape index (κ3) is 3.23. The molecule has 4 heteroatoms. The lowest BCUT2D eigenvalue weighted by atomic mass is 9.79. The molecule has 0 radical (unpaired) electrons. The maximum absolute atomic E-state index is 12.4. The molecule has 0 aromatic heterocycles. The van der Waals surface area contributed by atoms with Gasteiger partial charge < -0.3 is 15.3 Å². The van der Waals surface area contributed by atoms with E-state index >= 15 is 0 Å². The van der Waals surface area contributed by atoms with E-state index < -0.39 is 0 Å². The number of likely N-dealkylation sites (tertiary alicyclic amines) is 1. The Morgan fingerprint density at radius 2 is 2.06 bits per heavy atom. The lowest BCUT2D eigenvalue weighted by Gasteiger charge is -2.39. The molecule has 1 unspecified atom stereocenters. The van der Waals surface area contributed by atoms with Gasteiger partial charge in [-0.05, 0) is 32.7 Å². The van der Waals surface area contributed by atoms with Crippen molar-refractivity contribution in [1.29, 1.82) is 0 Å². The Kier molecular flexibility index (Phi) is 4.62. The standard InChI is InChI=1S/C14H26N2O2/c1-15-14(7-3-2-4-8-14)10-13(18)16-9-5-6-12(17)11-16/h12,15,17H,2-11H2,1H3. The molecule has 0 aromatic carbocycles. The van der Waals surface area contributed by atoms with Crippen LogP contribution in [0.4, 0.5) is 0 Å². The highest BCUT2D eigenvalue weighted by atomic mass is 16.3. The van der Waals surface area contributed by atoms with E-state index in [1.165, 1.54) is 19.3 Å². The molecule has 1 heterocycles. The molecule has 0 spiro atoms. The van der Waals surface area contributed by atoms with Crippen LogP contribution in [0, 0.1) is 0 Å². The number of amides is 1. The molecule has 2 fully saturated rings. The van der Waals surface area contributed by atoms with E-state index in [1.807, 2.05) is 11.9 Å². The first-order valence-corrected chi connectivity index (χ1v) is 7.30. The van der Waals surface area contributed by atoms with E-state index in [1.54, 1.807) is 0 Å². The Labute approximate surface area is 110 Å². The molecule has 1 saturated heterocycles. The van der Waals surface area contributed by atoms with Crippen LogP contribution in [0.1, 0.15) is 51.4 Å². The van der Waals surface area contributed by atoms with E-state index in [9.17, 15) is 9.90 Å². The van der Waals surface area contributed by atoms with Crippen molar-refractivity contribution in [2.45, 2.75) is 63.0 Å². The van der Waals surface area contributed by atoms with Crippen LogP contribution in [-0.4, -0.2) is 47.7 Å². The van der Waals surface area contributed by atoms with Crippen molar-refractivity contribution in [3.8, 4) is 0 Å². The van der Waals surface area contributed by atoms with E-state index in [-0.39, 0.29) is 17.6 Å². The molecule has 4 nitrogen and oxygen atoms in total. The molecule has 18 heavy (non-hydrogen) atoms. The van der Waals surface area contributed by atoms with Crippen molar-refractivity contribution in [2.75, 3.05) is 20.1 Å². The van der Waals surface area contributed by atoms with Gasteiger partial charge in [-0.1, -0.05) is 19.3 Å². The van der Waals surface area contributed by atoms with Gasteiger partial charge in [0.15, 0.2) is 0 Å². The zero-order valence-electron chi connectivity index (χ0n) is 11.5. The predicted molar refractivity (Wildman–Crippen MR) is 71.3 cm³/mol.